The first-order valence-electron chi connectivity index (χ1n) is 22.0. The molecule has 300 valence electrons. The molecule has 0 unspecified atom stereocenters. The third kappa shape index (κ3) is 5.41. The monoisotopic (exact) mass is 816 g/mol. The molecule has 0 saturated carbocycles. The summed E-state index contributed by atoms with van der Waals surface area (Å²) >= 11 is 0. The number of furan rings is 1. The topological polar surface area (TPSA) is 19.6 Å². The van der Waals surface area contributed by atoms with Crippen LogP contribution in [-0.2, 0) is 5.41 Å². The minimum atomic E-state index is -0.650. The van der Waals surface area contributed by atoms with E-state index >= 15 is 0 Å². The lowest BCUT2D eigenvalue weighted by Gasteiger charge is -2.51. The largest absolute Gasteiger partial charge is 0.456 e. The predicted molar refractivity (Wildman–Crippen MR) is 265 cm³/mol. The molecule has 0 amide bonds. The van der Waals surface area contributed by atoms with E-state index < -0.39 is 5.41 Å². The van der Waals surface area contributed by atoms with Crippen molar-refractivity contribution in [2.75, 3.05) is 9.80 Å². The highest BCUT2D eigenvalue weighted by Crippen LogP contribution is 2.64. The number of rotatable bonds is 5. The van der Waals surface area contributed by atoms with Crippen molar-refractivity contribution in [1.82, 2.24) is 0 Å². The third-order valence-corrected chi connectivity index (χ3v) is 13.5. The summed E-state index contributed by atoms with van der Waals surface area (Å²) in [7, 11) is 0. The number of anilines is 6. The molecule has 13 rings (SSSR count). The summed E-state index contributed by atoms with van der Waals surface area (Å²) in [6.07, 6.45) is 0. The van der Waals surface area contributed by atoms with Gasteiger partial charge in [-0.15, -0.1) is 0 Å². The van der Waals surface area contributed by atoms with Crippen molar-refractivity contribution in [3.8, 4) is 33.4 Å². The summed E-state index contributed by atoms with van der Waals surface area (Å²) in [5.74, 6) is 0. The Bertz CT molecular complexity index is 3510. The van der Waals surface area contributed by atoms with Crippen LogP contribution in [0.5, 0.6) is 0 Å². The van der Waals surface area contributed by atoms with Crippen molar-refractivity contribution in [3.05, 3.63) is 265 Å². The van der Waals surface area contributed by atoms with Gasteiger partial charge in [0, 0.05) is 22.1 Å². The van der Waals surface area contributed by atoms with Crippen LogP contribution in [0.3, 0.4) is 0 Å². The van der Waals surface area contributed by atoms with Crippen molar-refractivity contribution in [3.63, 3.8) is 0 Å². The Hall–Kier alpha value is -8.40. The van der Waals surface area contributed by atoms with Gasteiger partial charge in [0.15, 0.2) is 0 Å². The van der Waals surface area contributed by atoms with Gasteiger partial charge < -0.3 is 14.2 Å². The number of nitrogens with zero attached hydrogens (tertiary/aromatic N) is 2. The number of hydrogen-bond acceptors (Lipinski definition) is 3. The smallest absolute Gasteiger partial charge is 0.136 e. The number of para-hydroxylation sites is 4. The summed E-state index contributed by atoms with van der Waals surface area (Å²) in [4.78, 5) is 4.93. The highest BCUT2D eigenvalue weighted by atomic mass is 16.3. The minimum Gasteiger partial charge on any atom is -0.456 e. The van der Waals surface area contributed by atoms with Crippen LogP contribution in [0.1, 0.15) is 22.3 Å². The van der Waals surface area contributed by atoms with Crippen LogP contribution in [0.15, 0.2) is 247 Å². The van der Waals surface area contributed by atoms with Crippen molar-refractivity contribution >= 4 is 56.1 Å². The van der Waals surface area contributed by atoms with Gasteiger partial charge in [-0.2, -0.15) is 0 Å². The maximum atomic E-state index is 6.29. The van der Waals surface area contributed by atoms with E-state index in [1.165, 1.54) is 50.2 Å². The van der Waals surface area contributed by atoms with E-state index in [-0.39, 0.29) is 0 Å². The zero-order valence-corrected chi connectivity index (χ0v) is 34.9. The first-order chi connectivity index (χ1) is 31.7. The minimum absolute atomic E-state index is 0.650. The van der Waals surface area contributed by atoms with Gasteiger partial charge in [0.1, 0.15) is 11.2 Å². The van der Waals surface area contributed by atoms with Crippen molar-refractivity contribution < 1.29 is 4.42 Å². The molecule has 0 atom stereocenters. The summed E-state index contributed by atoms with van der Waals surface area (Å²) in [6.45, 7) is 0. The van der Waals surface area contributed by atoms with Crippen LogP contribution in [0.4, 0.5) is 34.1 Å². The second-order valence-electron chi connectivity index (χ2n) is 16.8. The van der Waals surface area contributed by atoms with E-state index in [9.17, 15) is 0 Å². The van der Waals surface area contributed by atoms with Gasteiger partial charge in [0.25, 0.3) is 0 Å². The average Bonchev–Trinajstić information content (AvgIpc) is 3.75. The Morgan fingerprint density at radius 1 is 0.266 bits per heavy atom. The van der Waals surface area contributed by atoms with E-state index in [0.29, 0.717) is 0 Å². The van der Waals surface area contributed by atoms with Gasteiger partial charge in [0.05, 0.1) is 28.2 Å². The fraction of sp³-hybridized carbons (Fsp3) is 0.0164. The van der Waals surface area contributed by atoms with Crippen LogP contribution in [-0.4, -0.2) is 0 Å². The van der Waals surface area contributed by atoms with E-state index in [1.807, 2.05) is 12.1 Å². The van der Waals surface area contributed by atoms with Gasteiger partial charge in [-0.05, 0) is 128 Å². The van der Waals surface area contributed by atoms with Crippen molar-refractivity contribution in [2.45, 2.75) is 5.41 Å². The molecule has 3 heteroatoms. The Morgan fingerprint density at radius 2 is 0.656 bits per heavy atom. The normalized spacial score (nSPS) is 13.4. The molecule has 0 fully saturated rings. The number of hydrogen-bond donors (Lipinski definition) is 0. The quantitative estimate of drug-likeness (QED) is 0.173. The van der Waals surface area contributed by atoms with Gasteiger partial charge in [0.2, 0.25) is 0 Å². The third-order valence-electron chi connectivity index (χ3n) is 13.5. The highest BCUT2D eigenvalue weighted by molar-refractivity contribution is 6.06. The lowest BCUT2D eigenvalue weighted by molar-refractivity contribution is 0.669. The molecule has 0 bridgehead atoms. The van der Waals surface area contributed by atoms with Crippen LogP contribution in [0.25, 0.3) is 55.3 Å². The molecule has 2 aliphatic rings. The molecule has 0 saturated heterocycles. The lowest BCUT2D eigenvalue weighted by Crippen LogP contribution is -2.42. The number of benzene rings is 10. The second kappa shape index (κ2) is 14.3. The van der Waals surface area contributed by atoms with E-state index in [4.69, 9.17) is 4.42 Å². The molecule has 3 heterocycles. The predicted octanol–water partition coefficient (Wildman–Crippen LogP) is 16.5. The molecular formula is C61H40N2O. The molecule has 2 aliphatic heterocycles. The molecular weight excluding hydrogens is 777 g/mol. The Balaban J connectivity index is 1.00. The lowest BCUT2D eigenvalue weighted by atomic mass is 9.60. The fourth-order valence-electron chi connectivity index (χ4n) is 10.6. The maximum Gasteiger partial charge on any atom is 0.136 e. The first kappa shape index (κ1) is 36.3. The molecule has 10 aromatic carbocycles. The summed E-state index contributed by atoms with van der Waals surface area (Å²) in [5, 5.41) is 2.28. The average molecular weight is 817 g/mol. The molecule has 1 aromatic heterocycles. The maximum absolute atomic E-state index is 6.29. The molecule has 11 aromatic rings. The SMILES string of the molecule is c1ccc(-c2ccc(N3c4ccccc4C4(c5ccccc5N(c5ccc(-c6ccc7c(c6)oc6ccccc67)cc5)c5ccccc54)c4cc(-c5ccccc5)ccc43)cc2)cc1. The van der Waals surface area contributed by atoms with E-state index in [2.05, 4.69) is 240 Å². The zero-order chi connectivity index (χ0) is 42.2. The number of fused-ring (bicyclic) bond motifs is 11. The molecule has 0 radical (unpaired) electrons. The Kier molecular flexibility index (Phi) is 8.13. The molecule has 0 N–H and O–H groups in total. The highest BCUT2D eigenvalue weighted by Gasteiger charge is 2.51. The molecule has 3 nitrogen and oxygen atoms in total. The first-order valence-corrected chi connectivity index (χ1v) is 22.0. The van der Waals surface area contributed by atoms with Crippen LogP contribution >= 0.6 is 0 Å². The summed E-state index contributed by atoms with van der Waals surface area (Å²) in [5.41, 5.74) is 20.0. The van der Waals surface area contributed by atoms with Crippen molar-refractivity contribution in [1.29, 1.82) is 0 Å². The van der Waals surface area contributed by atoms with Crippen LogP contribution in [0.2, 0.25) is 0 Å². The van der Waals surface area contributed by atoms with Crippen LogP contribution in [0, 0.1) is 0 Å². The van der Waals surface area contributed by atoms with E-state index in [1.54, 1.807) is 0 Å². The summed E-state index contributed by atoms with van der Waals surface area (Å²) < 4.78 is 6.29. The van der Waals surface area contributed by atoms with Gasteiger partial charge in [-0.1, -0.05) is 170 Å². The Labute approximate surface area is 372 Å². The van der Waals surface area contributed by atoms with Crippen molar-refractivity contribution in [2.24, 2.45) is 0 Å². The fourth-order valence-corrected chi connectivity index (χ4v) is 10.6. The van der Waals surface area contributed by atoms with Crippen LogP contribution < -0.4 is 9.80 Å². The Morgan fingerprint density at radius 3 is 1.23 bits per heavy atom. The van der Waals surface area contributed by atoms with E-state index in [0.717, 1.165) is 61.5 Å². The standard InChI is InChI=1S/C61H40N2O/c1-3-15-41(16-4-1)43-27-33-48(34-28-43)63-57-25-13-10-22-53(57)61(54-39-45(32-38-58(54)63)42-17-5-2-6-18-42)51-20-8-11-23-55(51)62(56-24-12-9-21-52(56)61)47-35-29-44(30-36-47)46-31-37-50-49-19-7-14-26-59(49)64-60(50)40-46/h1-40H. The summed E-state index contributed by atoms with van der Waals surface area (Å²) in [6, 6.07) is 88.5. The molecule has 64 heavy (non-hydrogen) atoms. The molecule has 0 aliphatic carbocycles. The van der Waals surface area contributed by atoms with Gasteiger partial charge in [-0.25, -0.2) is 0 Å². The van der Waals surface area contributed by atoms with Gasteiger partial charge in [-0.3, -0.25) is 0 Å². The second-order valence-corrected chi connectivity index (χ2v) is 16.8. The van der Waals surface area contributed by atoms with Gasteiger partial charge >= 0.3 is 0 Å². The zero-order valence-electron chi connectivity index (χ0n) is 34.9. The molecule has 1 spiro atoms.